The minimum absolute atomic E-state index is 0.128. The quantitative estimate of drug-likeness (QED) is 0.743. The molecule has 0 spiro atoms. The van der Waals surface area contributed by atoms with Gasteiger partial charge >= 0.3 is 6.01 Å². The van der Waals surface area contributed by atoms with Crippen molar-refractivity contribution < 1.29 is 4.74 Å². The molecule has 2 aromatic heterocycles. The number of halogens is 1. The lowest BCUT2D eigenvalue weighted by atomic mass is 10.3. The minimum Gasteiger partial charge on any atom is -0.467 e. The SMILES string of the molecule is COc1nc(Cl)nc(Cc2nc3ccccc3s2)n1. The fourth-order valence-electron chi connectivity index (χ4n) is 1.67. The van der Waals surface area contributed by atoms with E-state index in [1.807, 2.05) is 24.3 Å². The van der Waals surface area contributed by atoms with Crippen LogP contribution in [0.2, 0.25) is 5.28 Å². The number of thiazole rings is 1. The second-order valence-electron chi connectivity index (χ2n) is 3.76. The number of para-hydroxylation sites is 1. The molecular weight excluding hydrogens is 284 g/mol. The van der Waals surface area contributed by atoms with E-state index in [1.165, 1.54) is 7.11 Å². The van der Waals surface area contributed by atoms with Gasteiger partial charge in [0.2, 0.25) is 5.28 Å². The van der Waals surface area contributed by atoms with E-state index in [0.29, 0.717) is 12.2 Å². The van der Waals surface area contributed by atoms with Gasteiger partial charge in [0, 0.05) is 0 Å². The summed E-state index contributed by atoms with van der Waals surface area (Å²) in [6.07, 6.45) is 0.512. The van der Waals surface area contributed by atoms with Crippen LogP contribution < -0.4 is 4.74 Å². The molecule has 96 valence electrons. The van der Waals surface area contributed by atoms with Crippen LogP contribution in [-0.2, 0) is 6.42 Å². The van der Waals surface area contributed by atoms with Crippen LogP contribution in [0.3, 0.4) is 0 Å². The summed E-state index contributed by atoms with van der Waals surface area (Å²) in [5, 5.41) is 1.06. The van der Waals surface area contributed by atoms with Gasteiger partial charge in [0.25, 0.3) is 0 Å². The molecule has 1 aromatic carbocycles. The van der Waals surface area contributed by atoms with Crippen LogP contribution in [0.5, 0.6) is 6.01 Å². The molecule has 0 saturated carbocycles. The molecule has 0 bridgehead atoms. The Kier molecular flexibility index (Phi) is 3.27. The first-order valence-electron chi connectivity index (χ1n) is 5.53. The van der Waals surface area contributed by atoms with Crippen molar-refractivity contribution in [2.24, 2.45) is 0 Å². The van der Waals surface area contributed by atoms with Gasteiger partial charge in [-0.15, -0.1) is 11.3 Å². The van der Waals surface area contributed by atoms with Gasteiger partial charge in [-0.1, -0.05) is 12.1 Å². The summed E-state index contributed by atoms with van der Waals surface area (Å²) in [4.78, 5) is 16.6. The molecule has 0 aliphatic carbocycles. The summed E-state index contributed by atoms with van der Waals surface area (Å²) in [5.41, 5.74) is 0.981. The van der Waals surface area contributed by atoms with Crippen LogP contribution in [0.15, 0.2) is 24.3 Å². The van der Waals surface area contributed by atoms with Crippen LogP contribution in [0, 0.1) is 0 Å². The Morgan fingerprint density at radius 1 is 1.16 bits per heavy atom. The summed E-state index contributed by atoms with van der Waals surface area (Å²) >= 11 is 7.43. The lowest BCUT2D eigenvalue weighted by molar-refractivity contribution is 0.376. The van der Waals surface area contributed by atoms with Crippen LogP contribution in [0.25, 0.3) is 10.2 Å². The Labute approximate surface area is 118 Å². The van der Waals surface area contributed by atoms with E-state index in [-0.39, 0.29) is 11.3 Å². The van der Waals surface area contributed by atoms with E-state index in [9.17, 15) is 0 Å². The average Bonchev–Trinajstić information content (AvgIpc) is 2.80. The Balaban J connectivity index is 1.94. The number of hydrogen-bond donors (Lipinski definition) is 0. The predicted molar refractivity (Wildman–Crippen MR) is 73.8 cm³/mol. The van der Waals surface area contributed by atoms with Crippen molar-refractivity contribution in [3.63, 3.8) is 0 Å². The molecular formula is C12H9ClN4OS. The van der Waals surface area contributed by atoms with Gasteiger partial charge in [0.15, 0.2) is 0 Å². The highest BCUT2D eigenvalue weighted by Gasteiger charge is 2.09. The minimum atomic E-state index is 0.128. The summed E-state index contributed by atoms with van der Waals surface area (Å²) in [6.45, 7) is 0. The highest BCUT2D eigenvalue weighted by molar-refractivity contribution is 7.18. The normalized spacial score (nSPS) is 10.8. The molecule has 0 aliphatic heterocycles. The third-order valence-electron chi connectivity index (χ3n) is 2.46. The molecule has 19 heavy (non-hydrogen) atoms. The molecule has 0 atom stereocenters. The zero-order chi connectivity index (χ0) is 13.2. The third kappa shape index (κ3) is 2.64. The Bertz CT molecular complexity index is 698. The van der Waals surface area contributed by atoms with Crippen molar-refractivity contribution in [3.05, 3.63) is 40.4 Å². The Hall–Kier alpha value is -1.79. The number of ether oxygens (including phenoxy) is 1. The number of hydrogen-bond acceptors (Lipinski definition) is 6. The van der Waals surface area contributed by atoms with Gasteiger partial charge in [-0.2, -0.15) is 9.97 Å². The summed E-state index contributed by atoms with van der Waals surface area (Å²) < 4.78 is 6.11. The monoisotopic (exact) mass is 292 g/mol. The maximum atomic E-state index is 5.81. The Morgan fingerprint density at radius 2 is 2.00 bits per heavy atom. The first-order chi connectivity index (χ1) is 9.24. The molecule has 0 saturated heterocycles. The van der Waals surface area contributed by atoms with E-state index >= 15 is 0 Å². The van der Waals surface area contributed by atoms with Gasteiger partial charge in [-0.05, 0) is 23.7 Å². The van der Waals surface area contributed by atoms with E-state index < -0.39 is 0 Å². The summed E-state index contributed by atoms with van der Waals surface area (Å²) in [5.74, 6) is 0.552. The van der Waals surface area contributed by atoms with Crippen molar-refractivity contribution in [3.8, 4) is 6.01 Å². The van der Waals surface area contributed by atoms with E-state index in [2.05, 4.69) is 19.9 Å². The van der Waals surface area contributed by atoms with Crippen molar-refractivity contribution in [2.45, 2.75) is 6.42 Å². The molecule has 0 N–H and O–H groups in total. The molecule has 7 heteroatoms. The molecule has 0 amide bonds. The smallest absolute Gasteiger partial charge is 0.320 e. The third-order valence-corrected chi connectivity index (χ3v) is 3.67. The molecule has 0 radical (unpaired) electrons. The molecule has 5 nitrogen and oxygen atoms in total. The van der Waals surface area contributed by atoms with Gasteiger partial charge < -0.3 is 4.74 Å². The lowest BCUT2D eigenvalue weighted by Gasteiger charge is -2.00. The molecule has 3 aromatic rings. The second-order valence-corrected chi connectivity index (χ2v) is 5.21. The average molecular weight is 293 g/mol. The fourth-order valence-corrected chi connectivity index (χ4v) is 2.81. The van der Waals surface area contributed by atoms with Crippen molar-refractivity contribution in [1.29, 1.82) is 0 Å². The Morgan fingerprint density at radius 3 is 2.79 bits per heavy atom. The van der Waals surface area contributed by atoms with Gasteiger partial charge in [0.1, 0.15) is 10.8 Å². The number of fused-ring (bicyclic) bond motifs is 1. The zero-order valence-electron chi connectivity index (χ0n) is 10.00. The zero-order valence-corrected chi connectivity index (χ0v) is 11.6. The highest BCUT2D eigenvalue weighted by atomic mass is 35.5. The molecule has 0 unspecified atom stereocenters. The lowest BCUT2D eigenvalue weighted by Crippen LogP contribution is -2.01. The summed E-state index contributed by atoms with van der Waals surface area (Å²) in [7, 11) is 1.49. The topological polar surface area (TPSA) is 60.8 Å². The van der Waals surface area contributed by atoms with Crippen LogP contribution in [0.4, 0.5) is 0 Å². The van der Waals surface area contributed by atoms with Crippen molar-refractivity contribution in [2.75, 3.05) is 7.11 Å². The molecule has 3 rings (SSSR count). The van der Waals surface area contributed by atoms with Crippen molar-refractivity contribution in [1.82, 2.24) is 19.9 Å². The van der Waals surface area contributed by atoms with Crippen LogP contribution in [0.1, 0.15) is 10.8 Å². The number of benzene rings is 1. The largest absolute Gasteiger partial charge is 0.467 e. The van der Waals surface area contributed by atoms with Gasteiger partial charge in [0.05, 0.1) is 23.7 Å². The summed E-state index contributed by atoms with van der Waals surface area (Å²) in [6, 6.07) is 8.20. The molecule has 2 heterocycles. The second kappa shape index (κ2) is 5.07. The van der Waals surface area contributed by atoms with Crippen LogP contribution in [-0.4, -0.2) is 27.0 Å². The first-order valence-corrected chi connectivity index (χ1v) is 6.73. The first kappa shape index (κ1) is 12.3. The number of methoxy groups -OCH3 is 1. The number of aromatic nitrogens is 4. The fraction of sp³-hybridized carbons (Fsp3) is 0.167. The van der Waals surface area contributed by atoms with E-state index in [0.717, 1.165) is 15.2 Å². The molecule has 0 aliphatic rings. The predicted octanol–water partition coefficient (Wildman–Crippen LogP) is 2.73. The number of nitrogens with zero attached hydrogens (tertiary/aromatic N) is 4. The van der Waals surface area contributed by atoms with E-state index in [4.69, 9.17) is 16.3 Å². The highest BCUT2D eigenvalue weighted by Crippen LogP contribution is 2.23. The van der Waals surface area contributed by atoms with Crippen LogP contribution >= 0.6 is 22.9 Å². The van der Waals surface area contributed by atoms with Crippen molar-refractivity contribution >= 4 is 33.2 Å². The standard InChI is InChI=1S/C12H9ClN4OS/c1-18-12-16-9(15-11(13)17-12)6-10-14-7-4-2-3-5-8(7)19-10/h2-5H,6H2,1H3. The van der Waals surface area contributed by atoms with Gasteiger partial charge in [-0.3, -0.25) is 0 Å². The number of rotatable bonds is 3. The van der Waals surface area contributed by atoms with Gasteiger partial charge in [-0.25, -0.2) is 9.97 Å². The molecule has 0 fully saturated rings. The maximum absolute atomic E-state index is 5.81. The van der Waals surface area contributed by atoms with E-state index in [1.54, 1.807) is 11.3 Å². The maximum Gasteiger partial charge on any atom is 0.320 e.